The summed E-state index contributed by atoms with van der Waals surface area (Å²) in [6, 6.07) is 5.58. The summed E-state index contributed by atoms with van der Waals surface area (Å²) in [7, 11) is 1.58. The van der Waals surface area contributed by atoms with Crippen molar-refractivity contribution in [1.82, 2.24) is 5.32 Å². The normalized spacial score (nSPS) is 21.1. The summed E-state index contributed by atoms with van der Waals surface area (Å²) < 4.78 is 5.18. The summed E-state index contributed by atoms with van der Waals surface area (Å²) in [6.07, 6.45) is 1.90. The summed E-state index contributed by atoms with van der Waals surface area (Å²) in [5.74, 6) is 0.845. The van der Waals surface area contributed by atoms with Crippen LogP contribution in [0.5, 0.6) is 5.75 Å². The Morgan fingerprint density at radius 3 is 3.06 bits per heavy atom. The fourth-order valence-electron chi connectivity index (χ4n) is 2.17. The highest BCUT2D eigenvalue weighted by Crippen LogP contribution is 2.31. The summed E-state index contributed by atoms with van der Waals surface area (Å²) in [5, 5.41) is 3.71. The number of ether oxygens (including phenoxy) is 1. The van der Waals surface area contributed by atoms with E-state index in [0.717, 1.165) is 24.9 Å². The highest BCUT2D eigenvalue weighted by Gasteiger charge is 2.22. The minimum absolute atomic E-state index is 0.0313. The molecule has 0 aliphatic carbocycles. The van der Waals surface area contributed by atoms with Crippen LogP contribution in [0.4, 0.5) is 0 Å². The van der Waals surface area contributed by atoms with Crippen molar-refractivity contribution >= 4 is 17.4 Å². The van der Waals surface area contributed by atoms with Crippen LogP contribution in [0.25, 0.3) is 0 Å². The maximum Gasteiger partial charge on any atom is 0.154 e. The number of halogens is 1. The molecular weight excluding hydrogens is 238 g/mol. The summed E-state index contributed by atoms with van der Waals surface area (Å²) in [5.41, 5.74) is 1.000. The Balaban J connectivity index is 2.28. The van der Waals surface area contributed by atoms with Crippen LogP contribution >= 0.6 is 11.6 Å². The van der Waals surface area contributed by atoms with Gasteiger partial charge in [-0.1, -0.05) is 17.7 Å². The largest absolute Gasteiger partial charge is 0.495 e. The van der Waals surface area contributed by atoms with Crippen molar-refractivity contribution in [3.63, 3.8) is 0 Å². The maximum absolute atomic E-state index is 12.0. The number of methoxy groups -OCH3 is 1. The molecule has 17 heavy (non-hydrogen) atoms. The molecule has 1 aromatic carbocycles. The van der Waals surface area contributed by atoms with Crippen molar-refractivity contribution in [3.8, 4) is 5.75 Å². The number of nitrogens with one attached hydrogen (secondary N) is 1. The number of benzene rings is 1. The van der Waals surface area contributed by atoms with Crippen LogP contribution in [-0.2, 0) is 4.79 Å². The van der Waals surface area contributed by atoms with Crippen LogP contribution < -0.4 is 10.1 Å². The molecule has 1 aliphatic heterocycles. The lowest BCUT2D eigenvalue weighted by Crippen LogP contribution is -2.23. The van der Waals surface area contributed by atoms with E-state index in [9.17, 15) is 4.79 Å². The van der Waals surface area contributed by atoms with Gasteiger partial charge in [0.2, 0.25) is 0 Å². The van der Waals surface area contributed by atoms with Gasteiger partial charge in [0.15, 0.2) is 5.78 Å². The number of hydrogen-bond acceptors (Lipinski definition) is 3. The van der Waals surface area contributed by atoms with E-state index in [1.54, 1.807) is 13.2 Å². The first-order chi connectivity index (χ1) is 8.22. The second-order valence-electron chi connectivity index (χ2n) is 4.23. The number of carbonyl (C=O) groups is 1. The zero-order valence-corrected chi connectivity index (χ0v) is 10.6. The van der Waals surface area contributed by atoms with Crippen molar-refractivity contribution in [3.05, 3.63) is 28.8 Å². The van der Waals surface area contributed by atoms with E-state index in [1.807, 2.05) is 12.1 Å². The molecule has 0 radical (unpaired) electrons. The molecule has 1 aromatic rings. The molecule has 1 atom stereocenters. The highest BCUT2D eigenvalue weighted by atomic mass is 35.5. The Morgan fingerprint density at radius 2 is 2.29 bits per heavy atom. The van der Waals surface area contributed by atoms with Crippen molar-refractivity contribution in [2.24, 2.45) is 0 Å². The van der Waals surface area contributed by atoms with E-state index in [0.29, 0.717) is 17.3 Å². The van der Waals surface area contributed by atoms with Gasteiger partial charge in [-0.25, -0.2) is 0 Å². The summed E-state index contributed by atoms with van der Waals surface area (Å²) >= 11 is 5.98. The predicted molar refractivity (Wildman–Crippen MR) is 67.9 cm³/mol. The molecule has 1 fully saturated rings. The predicted octanol–water partition coefficient (Wildman–Crippen LogP) is 2.38. The third kappa shape index (κ3) is 2.79. The van der Waals surface area contributed by atoms with Crippen LogP contribution in [0.1, 0.15) is 24.3 Å². The minimum atomic E-state index is -0.0313. The SMILES string of the molecule is COc1cc(C2CCCNCC2=O)ccc1Cl. The zero-order chi connectivity index (χ0) is 12.3. The number of carbonyl (C=O) groups excluding carboxylic acids is 1. The molecule has 92 valence electrons. The standard InChI is InChI=1S/C13H16ClNO2/c1-17-13-7-9(4-5-11(13)14)10-3-2-6-15-8-12(10)16/h4-5,7,10,15H,2-3,6,8H2,1H3. The molecule has 1 N–H and O–H groups in total. The number of ketones is 1. The van der Waals surface area contributed by atoms with Gasteiger partial charge in [0.05, 0.1) is 18.7 Å². The maximum atomic E-state index is 12.0. The quantitative estimate of drug-likeness (QED) is 0.880. The molecule has 1 aliphatic rings. The highest BCUT2D eigenvalue weighted by molar-refractivity contribution is 6.32. The van der Waals surface area contributed by atoms with E-state index >= 15 is 0 Å². The van der Waals surface area contributed by atoms with Gasteiger partial charge in [-0.3, -0.25) is 4.79 Å². The monoisotopic (exact) mass is 253 g/mol. The summed E-state index contributed by atoms with van der Waals surface area (Å²) in [6.45, 7) is 1.36. The second-order valence-corrected chi connectivity index (χ2v) is 4.64. The molecule has 1 saturated heterocycles. The molecule has 0 saturated carbocycles. The van der Waals surface area contributed by atoms with Gasteiger partial charge in [-0.15, -0.1) is 0 Å². The van der Waals surface area contributed by atoms with Crippen molar-refractivity contribution < 1.29 is 9.53 Å². The molecule has 1 unspecified atom stereocenters. The topological polar surface area (TPSA) is 38.3 Å². The van der Waals surface area contributed by atoms with E-state index in [2.05, 4.69) is 5.32 Å². The van der Waals surface area contributed by atoms with Gasteiger partial charge in [0, 0.05) is 5.92 Å². The van der Waals surface area contributed by atoms with Gasteiger partial charge >= 0.3 is 0 Å². The van der Waals surface area contributed by atoms with Crippen molar-refractivity contribution in [2.75, 3.05) is 20.2 Å². The van der Waals surface area contributed by atoms with Gasteiger partial charge in [-0.05, 0) is 37.1 Å². The first-order valence-corrected chi connectivity index (χ1v) is 6.17. The Hall–Kier alpha value is -1.06. The lowest BCUT2D eigenvalue weighted by Gasteiger charge is -2.14. The molecule has 4 heteroatoms. The lowest BCUT2D eigenvalue weighted by atomic mass is 9.91. The molecule has 0 amide bonds. The fourth-order valence-corrected chi connectivity index (χ4v) is 2.37. The van der Waals surface area contributed by atoms with Gasteiger partial charge in [0.25, 0.3) is 0 Å². The Bertz CT molecular complexity index is 420. The third-order valence-corrected chi connectivity index (χ3v) is 3.42. The van der Waals surface area contributed by atoms with E-state index in [4.69, 9.17) is 16.3 Å². The van der Waals surface area contributed by atoms with Crippen LogP contribution in [0.2, 0.25) is 5.02 Å². The van der Waals surface area contributed by atoms with Gasteiger partial charge in [0.1, 0.15) is 5.75 Å². The van der Waals surface area contributed by atoms with Crippen LogP contribution in [0.15, 0.2) is 18.2 Å². The second kappa shape index (κ2) is 5.52. The Kier molecular flexibility index (Phi) is 4.02. The molecule has 2 rings (SSSR count). The summed E-state index contributed by atoms with van der Waals surface area (Å²) in [4.78, 5) is 12.0. The first-order valence-electron chi connectivity index (χ1n) is 5.79. The minimum Gasteiger partial charge on any atom is -0.495 e. The lowest BCUT2D eigenvalue weighted by molar-refractivity contribution is -0.119. The molecule has 0 bridgehead atoms. The first kappa shape index (κ1) is 12.4. The van der Waals surface area contributed by atoms with Crippen LogP contribution in [0.3, 0.4) is 0 Å². The molecule has 0 spiro atoms. The zero-order valence-electron chi connectivity index (χ0n) is 9.83. The molecule has 3 nitrogen and oxygen atoms in total. The van der Waals surface area contributed by atoms with Crippen LogP contribution in [0, 0.1) is 0 Å². The Morgan fingerprint density at radius 1 is 1.47 bits per heavy atom. The van der Waals surface area contributed by atoms with E-state index in [-0.39, 0.29) is 11.7 Å². The van der Waals surface area contributed by atoms with Gasteiger partial charge in [-0.2, -0.15) is 0 Å². The van der Waals surface area contributed by atoms with E-state index < -0.39 is 0 Å². The van der Waals surface area contributed by atoms with E-state index in [1.165, 1.54) is 0 Å². The molecule has 0 aromatic heterocycles. The smallest absolute Gasteiger partial charge is 0.154 e. The molecular formula is C13H16ClNO2. The average Bonchev–Trinajstić information content (AvgIpc) is 2.55. The third-order valence-electron chi connectivity index (χ3n) is 3.11. The number of rotatable bonds is 2. The van der Waals surface area contributed by atoms with Gasteiger partial charge < -0.3 is 10.1 Å². The van der Waals surface area contributed by atoms with Crippen molar-refractivity contribution in [1.29, 1.82) is 0 Å². The number of Topliss-reactive ketones (excluding diaryl/α,β-unsaturated/α-hetero) is 1. The van der Waals surface area contributed by atoms with Crippen molar-refractivity contribution in [2.45, 2.75) is 18.8 Å². The molecule has 1 heterocycles. The fraction of sp³-hybridized carbons (Fsp3) is 0.462. The average molecular weight is 254 g/mol. The van der Waals surface area contributed by atoms with Crippen LogP contribution in [-0.4, -0.2) is 26.0 Å². The number of hydrogen-bond donors (Lipinski definition) is 1. The Labute approximate surface area is 106 Å².